The molecule has 144 valence electrons. The van der Waals surface area contributed by atoms with Gasteiger partial charge >= 0.3 is 11.6 Å². The summed E-state index contributed by atoms with van der Waals surface area (Å²) in [6.45, 7) is 1.85. The number of hydrogen-bond acceptors (Lipinski definition) is 4. The molecule has 0 unspecified atom stereocenters. The van der Waals surface area contributed by atoms with Gasteiger partial charge in [-0.15, -0.1) is 0 Å². The highest BCUT2D eigenvalue weighted by Gasteiger charge is 2.45. The number of carbonyl (C=O) groups excluding carboxylic acids is 1. The number of hydrogen-bond donors (Lipinski definition) is 0. The minimum atomic E-state index is -0.961. The molecule has 0 N–H and O–H groups in total. The second kappa shape index (κ2) is 7.23. The monoisotopic (exact) mass is 380 g/mol. The van der Waals surface area contributed by atoms with Crippen LogP contribution in [0.5, 0.6) is 0 Å². The normalized spacial score (nSPS) is 15.6. The lowest BCUT2D eigenvalue weighted by Gasteiger charge is -2.27. The fourth-order valence-electron chi connectivity index (χ4n) is 4.15. The highest BCUT2D eigenvalue weighted by Crippen LogP contribution is 2.43. The predicted molar refractivity (Wildman–Crippen MR) is 104 cm³/mol. The van der Waals surface area contributed by atoms with Gasteiger partial charge in [-0.2, -0.15) is 0 Å². The van der Waals surface area contributed by atoms with Crippen molar-refractivity contribution in [3.63, 3.8) is 0 Å². The van der Waals surface area contributed by atoms with Gasteiger partial charge in [0.05, 0.1) is 5.41 Å². The first-order chi connectivity index (χ1) is 13.5. The molecule has 4 nitrogen and oxygen atoms in total. The number of benzene rings is 2. The van der Waals surface area contributed by atoms with E-state index in [-0.39, 0.29) is 12.4 Å². The Morgan fingerprint density at radius 1 is 1.14 bits per heavy atom. The molecule has 0 saturated heterocycles. The Balaban J connectivity index is 1.65. The molecule has 1 fully saturated rings. The Bertz CT molecular complexity index is 1090. The topological polar surface area (TPSA) is 56.5 Å². The number of ether oxygens (including phenoxy) is 1. The molecule has 1 aliphatic rings. The van der Waals surface area contributed by atoms with Gasteiger partial charge in [0.15, 0.2) is 0 Å². The highest BCUT2D eigenvalue weighted by atomic mass is 19.1. The molecule has 0 amide bonds. The van der Waals surface area contributed by atoms with Gasteiger partial charge in [0, 0.05) is 22.6 Å². The molecule has 3 aromatic rings. The van der Waals surface area contributed by atoms with Crippen LogP contribution in [-0.2, 0) is 21.6 Å². The van der Waals surface area contributed by atoms with Crippen LogP contribution in [0.1, 0.15) is 42.4 Å². The smallest absolute Gasteiger partial charge is 0.336 e. The average molecular weight is 380 g/mol. The largest absolute Gasteiger partial charge is 0.460 e. The summed E-state index contributed by atoms with van der Waals surface area (Å²) < 4.78 is 25.3. The molecule has 0 atom stereocenters. The fraction of sp³-hybridized carbons (Fsp3) is 0.304. The van der Waals surface area contributed by atoms with Crippen molar-refractivity contribution in [2.24, 2.45) is 0 Å². The van der Waals surface area contributed by atoms with E-state index in [0.717, 1.165) is 23.8 Å². The van der Waals surface area contributed by atoms with Gasteiger partial charge in [-0.25, -0.2) is 9.18 Å². The van der Waals surface area contributed by atoms with Crippen molar-refractivity contribution in [3.05, 3.63) is 81.5 Å². The molecule has 0 aliphatic heterocycles. The maximum atomic E-state index is 14.4. The lowest BCUT2D eigenvalue weighted by atomic mass is 9.78. The van der Waals surface area contributed by atoms with Crippen LogP contribution in [0.4, 0.5) is 4.39 Å². The minimum absolute atomic E-state index is 0.0554. The Hall–Kier alpha value is -2.95. The number of carbonyl (C=O) groups is 1. The molecule has 4 rings (SSSR count). The summed E-state index contributed by atoms with van der Waals surface area (Å²) >= 11 is 0. The van der Waals surface area contributed by atoms with E-state index < -0.39 is 17.0 Å². The van der Waals surface area contributed by atoms with Crippen LogP contribution in [0.3, 0.4) is 0 Å². The van der Waals surface area contributed by atoms with E-state index in [9.17, 15) is 14.0 Å². The van der Waals surface area contributed by atoms with Crippen LogP contribution in [0, 0.1) is 12.7 Å². The lowest BCUT2D eigenvalue weighted by Crippen LogP contribution is -2.35. The van der Waals surface area contributed by atoms with Crippen molar-refractivity contribution in [1.82, 2.24) is 0 Å². The Kier molecular flexibility index (Phi) is 4.75. The van der Waals surface area contributed by atoms with Crippen LogP contribution in [0.2, 0.25) is 0 Å². The molecule has 0 bridgehead atoms. The van der Waals surface area contributed by atoms with E-state index in [1.165, 1.54) is 12.1 Å². The highest BCUT2D eigenvalue weighted by molar-refractivity contribution is 5.85. The van der Waals surface area contributed by atoms with E-state index in [1.54, 1.807) is 24.3 Å². The quantitative estimate of drug-likeness (QED) is 0.482. The van der Waals surface area contributed by atoms with Crippen molar-refractivity contribution < 1.29 is 18.3 Å². The van der Waals surface area contributed by atoms with Crippen LogP contribution in [-0.4, -0.2) is 5.97 Å². The third kappa shape index (κ3) is 3.21. The third-order valence-electron chi connectivity index (χ3n) is 5.58. The molecule has 1 heterocycles. The summed E-state index contributed by atoms with van der Waals surface area (Å²) in [5.41, 5.74) is 0.954. The maximum absolute atomic E-state index is 14.4. The molecular weight excluding hydrogens is 359 g/mol. The van der Waals surface area contributed by atoms with Gasteiger partial charge in [-0.05, 0) is 37.5 Å². The van der Waals surface area contributed by atoms with Crippen molar-refractivity contribution in [2.75, 3.05) is 0 Å². The van der Waals surface area contributed by atoms with Gasteiger partial charge in [0.25, 0.3) is 0 Å². The van der Waals surface area contributed by atoms with Crippen LogP contribution >= 0.6 is 0 Å². The molecule has 0 radical (unpaired) electrons. The van der Waals surface area contributed by atoms with Crippen molar-refractivity contribution in [1.29, 1.82) is 0 Å². The average Bonchev–Trinajstić information content (AvgIpc) is 3.16. The van der Waals surface area contributed by atoms with E-state index in [1.807, 2.05) is 19.1 Å². The lowest BCUT2D eigenvalue weighted by molar-refractivity contribution is -0.152. The van der Waals surface area contributed by atoms with Crippen molar-refractivity contribution >= 4 is 16.9 Å². The fourth-order valence-corrected chi connectivity index (χ4v) is 4.15. The molecule has 1 aromatic heterocycles. The summed E-state index contributed by atoms with van der Waals surface area (Å²) in [4.78, 5) is 25.0. The van der Waals surface area contributed by atoms with Gasteiger partial charge in [-0.3, -0.25) is 4.79 Å². The van der Waals surface area contributed by atoms with E-state index in [0.29, 0.717) is 29.6 Å². The number of halogens is 1. The summed E-state index contributed by atoms with van der Waals surface area (Å²) in [6, 6.07) is 13.3. The SMILES string of the molecule is Cc1ccc2c(COC(=O)C3(c4ccccc4F)CCCC3)cc(=O)oc2c1. The van der Waals surface area contributed by atoms with Crippen molar-refractivity contribution in [2.45, 2.75) is 44.6 Å². The maximum Gasteiger partial charge on any atom is 0.336 e. The predicted octanol–water partition coefficient (Wildman–Crippen LogP) is 4.80. The van der Waals surface area contributed by atoms with E-state index in [4.69, 9.17) is 9.15 Å². The van der Waals surface area contributed by atoms with Crippen LogP contribution in [0.25, 0.3) is 11.0 Å². The molecule has 28 heavy (non-hydrogen) atoms. The first-order valence-corrected chi connectivity index (χ1v) is 9.45. The third-order valence-corrected chi connectivity index (χ3v) is 5.58. The van der Waals surface area contributed by atoms with Gasteiger partial charge in [0.2, 0.25) is 0 Å². The summed E-state index contributed by atoms with van der Waals surface area (Å²) in [7, 11) is 0. The number of esters is 1. The Morgan fingerprint density at radius 2 is 1.89 bits per heavy atom. The minimum Gasteiger partial charge on any atom is -0.460 e. The Labute approximate surface area is 161 Å². The summed E-state index contributed by atoms with van der Waals surface area (Å²) in [6.07, 6.45) is 2.81. The molecule has 1 aliphatic carbocycles. The number of rotatable bonds is 4. The first kappa shape index (κ1) is 18.4. The van der Waals surface area contributed by atoms with E-state index in [2.05, 4.69) is 0 Å². The van der Waals surface area contributed by atoms with Crippen LogP contribution < -0.4 is 5.63 Å². The number of fused-ring (bicyclic) bond motifs is 1. The Morgan fingerprint density at radius 3 is 2.64 bits per heavy atom. The van der Waals surface area contributed by atoms with Gasteiger partial charge in [-0.1, -0.05) is 43.2 Å². The van der Waals surface area contributed by atoms with Crippen LogP contribution in [0.15, 0.2) is 57.7 Å². The molecule has 5 heteroatoms. The van der Waals surface area contributed by atoms with Gasteiger partial charge in [0.1, 0.15) is 18.0 Å². The molecule has 1 saturated carbocycles. The van der Waals surface area contributed by atoms with Crippen molar-refractivity contribution in [3.8, 4) is 0 Å². The molecule has 2 aromatic carbocycles. The molecular formula is C23H21FO4. The van der Waals surface area contributed by atoms with E-state index >= 15 is 0 Å². The summed E-state index contributed by atoms with van der Waals surface area (Å²) in [5.74, 6) is -0.828. The van der Waals surface area contributed by atoms with Gasteiger partial charge < -0.3 is 9.15 Å². The summed E-state index contributed by atoms with van der Waals surface area (Å²) in [5, 5.41) is 0.726. The zero-order valence-electron chi connectivity index (χ0n) is 15.7. The molecule has 0 spiro atoms. The second-order valence-corrected chi connectivity index (χ2v) is 7.44. The zero-order valence-corrected chi connectivity index (χ0v) is 15.7. The zero-order chi connectivity index (χ0) is 19.7. The first-order valence-electron chi connectivity index (χ1n) is 9.45. The second-order valence-electron chi connectivity index (χ2n) is 7.44. The standard InChI is InChI=1S/C23H21FO4/c1-15-8-9-17-16(13-21(25)28-20(17)12-15)14-27-22(26)23(10-4-5-11-23)18-6-2-3-7-19(18)24/h2-3,6-9,12-13H,4-5,10-11,14H2,1H3. The number of aryl methyl sites for hydroxylation is 1.